The highest BCUT2D eigenvalue weighted by Crippen LogP contribution is 2.36. The molecule has 2 aromatic rings. The highest BCUT2D eigenvalue weighted by Gasteiger charge is 2.24. The van der Waals surface area contributed by atoms with E-state index in [1.165, 1.54) is 4.88 Å². The molecule has 0 spiro atoms. The van der Waals surface area contributed by atoms with Crippen LogP contribution in [-0.2, 0) is 6.54 Å². The van der Waals surface area contributed by atoms with Crippen molar-refractivity contribution in [3.63, 3.8) is 0 Å². The number of hydrogen-bond donors (Lipinski definition) is 0. The van der Waals surface area contributed by atoms with Gasteiger partial charge in [0.15, 0.2) is 11.5 Å². The van der Waals surface area contributed by atoms with Crippen LogP contribution in [0.2, 0.25) is 5.02 Å². The summed E-state index contributed by atoms with van der Waals surface area (Å²) in [6, 6.07) is 7.59. The Morgan fingerprint density at radius 2 is 2.04 bits per heavy atom. The molecule has 26 heavy (non-hydrogen) atoms. The van der Waals surface area contributed by atoms with E-state index in [2.05, 4.69) is 22.4 Å². The third-order valence-electron chi connectivity index (χ3n) is 4.38. The van der Waals surface area contributed by atoms with E-state index in [1.54, 1.807) is 30.6 Å². The average molecular weight is 395 g/mol. The Morgan fingerprint density at radius 3 is 2.65 bits per heavy atom. The lowest BCUT2D eigenvalue weighted by Crippen LogP contribution is -2.48. The van der Waals surface area contributed by atoms with E-state index in [-0.39, 0.29) is 5.91 Å². The maximum absolute atomic E-state index is 12.9. The molecule has 1 aromatic heterocycles. The monoisotopic (exact) mass is 394 g/mol. The summed E-state index contributed by atoms with van der Waals surface area (Å²) in [5, 5.41) is 2.49. The largest absolute Gasteiger partial charge is 0.493 e. The van der Waals surface area contributed by atoms with Gasteiger partial charge < -0.3 is 14.4 Å². The first-order valence-corrected chi connectivity index (χ1v) is 9.92. The van der Waals surface area contributed by atoms with Crippen LogP contribution < -0.4 is 9.47 Å². The summed E-state index contributed by atoms with van der Waals surface area (Å²) in [6.07, 6.45) is 0. The zero-order valence-electron chi connectivity index (χ0n) is 15.0. The normalized spacial score (nSPS) is 15.1. The Morgan fingerprint density at radius 1 is 1.27 bits per heavy atom. The smallest absolute Gasteiger partial charge is 0.254 e. The van der Waals surface area contributed by atoms with Crippen LogP contribution in [0.25, 0.3) is 0 Å². The molecule has 1 saturated heterocycles. The zero-order valence-corrected chi connectivity index (χ0v) is 16.6. The summed E-state index contributed by atoms with van der Waals surface area (Å²) in [5.74, 6) is 0.942. The quantitative estimate of drug-likeness (QED) is 0.748. The fourth-order valence-electron chi connectivity index (χ4n) is 3.04. The van der Waals surface area contributed by atoms with Crippen molar-refractivity contribution in [3.05, 3.63) is 45.1 Å². The molecule has 1 aliphatic rings. The molecule has 2 heterocycles. The number of carbonyl (C=O) groups excluding carboxylic acids is 1. The number of halogens is 1. The van der Waals surface area contributed by atoms with Gasteiger partial charge in [-0.15, -0.1) is 11.3 Å². The number of thiophene rings is 1. The highest BCUT2D eigenvalue weighted by molar-refractivity contribution is 7.09. The molecule has 0 unspecified atom stereocenters. The van der Waals surface area contributed by atoms with Gasteiger partial charge in [-0.3, -0.25) is 9.69 Å². The molecule has 1 amide bonds. The van der Waals surface area contributed by atoms with Crippen molar-refractivity contribution >= 4 is 28.8 Å². The summed E-state index contributed by atoms with van der Waals surface area (Å²) in [6.45, 7) is 6.45. The predicted octanol–water partition coefficient (Wildman–Crippen LogP) is 3.77. The van der Waals surface area contributed by atoms with Crippen LogP contribution in [0.1, 0.15) is 22.2 Å². The Bertz CT molecular complexity index is 743. The second kappa shape index (κ2) is 8.75. The first-order valence-electron chi connectivity index (χ1n) is 8.66. The molecule has 1 fully saturated rings. The van der Waals surface area contributed by atoms with Gasteiger partial charge in [0, 0.05) is 43.2 Å². The van der Waals surface area contributed by atoms with E-state index in [0.717, 1.165) is 19.6 Å². The van der Waals surface area contributed by atoms with Gasteiger partial charge in [-0.25, -0.2) is 0 Å². The van der Waals surface area contributed by atoms with E-state index in [9.17, 15) is 4.79 Å². The van der Waals surface area contributed by atoms with Crippen molar-refractivity contribution in [1.82, 2.24) is 9.80 Å². The first-order chi connectivity index (χ1) is 12.6. The molecular formula is C19H23ClN2O3S. The number of benzene rings is 1. The van der Waals surface area contributed by atoms with E-state index in [4.69, 9.17) is 21.1 Å². The van der Waals surface area contributed by atoms with E-state index >= 15 is 0 Å². The van der Waals surface area contributed by atoms with Crippen molar-refractivity contribution in [3.8, 4) is 11.5 Å². The van der Waals surface area contributed by atoms with Gasteiger partial charge in [0.05, 0.1) is 18.7 Å². The zero-order chi connectivity index (χ0) is 18.5. The number of piperazine rings is 1. The second-order valence-electron chi connectivity index (χ2n) is 6.07. The molecule has 140 valence electrons. The van der Waals surface area contributed by atoms with Gasteiger partial charge in [0.25, 0.3) is 5.91 Å². The third-order valence-corrected chi connectivity index (χ3v) is 5.53. The van der Waals surface area contributed by atoms with Crippen LogP contribution in [0.3, 0.4) is 0 Å². The van der Waals surface area contributed by atoms with Gasteiger partial charge in [-0.1, -0.05) is 17.7 Å². The van der Waals surface area contributed by atoms with Gasteiger partial charge in [-0.05, 0) is 30.5 Å². The fraction of sp³-hybridized carbons (Fsp3) is 0.421. The van der Waals surface area contributed by atoms with Gasteiger partial charge >= 0.3 is 0 Å². The number of nitrogens with zero attached hydrogens (tertiary/aromatic N) is 2. The standard InChI is InChI=1S/C19H23ClN2O3S/c1-3-25-18-16(20)11-14(12-17(18)24-2)19(23)22-8-6-21(7-9-22)13-15-5-4-10-26-15/h4-5,10-12H,3,6-9,13H2,1-2H3. The van der Waals surface area contributed by atoms with E-state index in [1.807, 2.05) is 11.8 Å². The lowest BCUT2D eigenvalue weighted by molar-refractivity contribution is 0.0629. The Kier molecular flexibility index (Phi) is 6.40. The molecule has 3 rings (SSSR count). The summed E-state index contributed by atoms with van der Waals surface area (Å²) < 4.78 is 10.9. The minimum atomic E-state index is -0.0241. The Hall–Kier alpha value is -1.76. The van der Waals surface area contributed by atoms with Crippen LogP contribution in [0.4, 0.5) is 0 Å². The molecule has 0 bridgehead atoms. The van der Waals surface area contributed by atoms with Crippen LogP contribution in [0, 0.1) is 0 Å². The summed E-state index contributed by atoms with van der Waals surface area (Å²) >= 11 is 8.06. The highest BCUT2D eigenvalue weighted by atomic mass is 35.5. The topological polar surface area (TPSA) is 42.0 Å². The first kappa shape index (κ1) is 19.0. The van der Waals surface area contributed by atoms with Crippen molar-refractivity contribution in [1.29, 1.82) is 0 Å². The molecule has 7 heteroatoms. The lowest BCUT2D eigenvalue weighted by atomic mass is 10.1. The van der Waals surface area contributed by atoms with Gasteiger partial charge in [0.2, 0.25) is 0 Å². The maximum atomic E-state index is 12.9. The number of amides is 1. The summed E-state index contributed by atoms with van der Waals surface area (Å²) in [4.78, 5) is 18.5. The van der Waals surface area contributed by atoms with Gasteiger partial charge in [-0.2, -0.15) is 0 Å². The van der Waals surface area contributed by atoms with Crippen molar-refractivity contribution in [2.75, 3.05) is 39.9 Å². The molecule has 0 atom stereocenters. The van der Waals surface area contributed by atoms with Crippen molar-refractivity contribution in [2.24, 2.45) is 0 Å². The molecule has 1 aromatic carbocycles. The molecule has 0 saturated carbocycles. The minimum Gasteiger partial charge on any atom is -0.493 e. The SMILES string of the molecule is CCOc1c(Cl)cc(C(=O)N2CCN(Cc3cccs3)CC2)cc1OC. The second-order valence-corrected chi connectivity index (χ2v) is 7.51. The maximum Gasteiger partial charge on any atom is 0.254 e. The van der Waals surface area contributed by atoms with Crippen LogP contribution in [-0.4, -0.2) is 55.6 Å². The number of ether oxygens (including phenoxy) is 2. The molecular weight excluding hydrogens is 372 g/mol. The third kappa shape index (κ3) is 4.31. The van der Waals surface area contributed by atoms with Crippen molar-refractivity contribution < 1.29 is 14.3 Å². The van der Waals surface area contributed by atoms with Crippen LogP contribution in [0.5, 0.6) is 11.5 Å². The summed E-state index contributed by atoms with van der Waals surface area (Å²) in [5.41, 5.74) is 0.530. The molecule has 0 N–H and O–H groups in total. The Labute approximate surface area is 163 Å². The molecule has 0 aliphatic carbocycles. The van der Waals surface area contributed by atoms with E-state index in [0.29, 0.717) is 41.8 Å². The summed E-state index contributed by atoms with van der Waals surface area (Å²) in [7, 11) is 1.55. The predicted molar refractivity (Wildman–Crippen MR) is 105 cm³/mol. The average Bonchev–Trinajstić information content (AvgIpc) is 3.16. The van der Waals surface area contributed by atoms with Crippen molar-refractivity contribution in [2.45, 2.75) is 13.5 Å². The molecule has 0 radical (unpaired) electrons. The van der Waals surface area contributed by atoms with Crippen LogP contribution >= 0.6 is 22.9 Å². The fourth-order valence-corrected chi connectivity index (χ4v) is 4.05. The molecule has 1 aliphatic heterocycles. The lowest BCUT2D eigenvalue weighted by Gasteiger charge is -2.34. The van der Waals surface area contributed by atoms with Crippen LogP contribution in [0.15, 0.2) is 29.6 Å². The number of rotatable bonds is 6. The van der Waals surface area contributed by atoms with Gasteiger partial charge in [0.1, 0.15) is 0 Å². The number of carbonyl (C=O) groups is 1. The Balaban J connectivity index is 1.65. The minimum absolute atomic E-state index is 0.0241. The molecule has 5 nitrogen and oxygen atoms in total. The van der Waals surface area contributed by atoms with E-state index < -0.39 is 0 Å². The number of hydrogen-bond acceptors (Lipinski definition) is 5. The number of methoxy groups -OCH3 is 1.